The molecule has 1 aliphatic rings. The summed E-state index contributed by atoms with van der Waals surface area (Å²) in [5.74, 6) is 0.977. The smallest absolute Gasteiger partial charge is 0.119 e. The SMILES string of the molecule is CCN(CCCOc1ccccc1)C1CCCNC1. The lowest BCUT2D eigenvalue weighted by Crippen LogP contribution is -2.46. The molecule has 1 aromatic carbocycles. The van der Waals surface area contributed by atoms with Crippen LogP contribution in [0.1, 0.15) is 26.2 Å². The van der Waals surface area contributed by atoms with Crippen molar-refractivity contribution in [3.05, 3.63) is 30.3 Å². The van der Waals surface area contributed by atoms with Gasteiger partial charge < -0.3 is 10.1 Å². The van der Waals surface area contributed by atoms with Gasteiger partial charge in [0.25, 0.3) is 0 Å². The van der Waals surface area contributed by atoms with E-state index in [-0.39, 0.29) is 0 Å². The summed E-state index contributed by atoms with van der Waals surface area (Å²) in [6.45, 7) is 7.67. The van der Waals surface area contributed by atoms with E-state index in [1.165, 1.54) is 19.4 Å². The number of rotatable bonds is 7. The molecule has 0 aliphatic carbocycles. The van der Waals surface area contributed by atoms with Crippen LogP contribution in [0, 0.1) is 0 Å². The largest absolute Gasteiger partial charge is 0.494 e. The van der Waals surface area contributed by atoms with Gasteiger partial charge in [-0.1, -0.05) is 25.1 Å². The van der Waals surface area contributed by atoms with Crippen molar-refractivity contribution < 1.29 is 4.74 Å². The van der Waals surface area contributed by atoms with E-state index in [0.29, 0.717) is 0 Å². The van der Waals surface area contributed by atoms with E-state index < -0.39 is 0 Å². The number of para-hydroxylation sites is 1. The molecule has 1 N–H and O–H groups in total. The number of hydrogen-bond donors (Lipinski definition) is 1. The lowest BCUT2D eigenvalue weighted by atomic mass is 10.1. The van der Waals surface area contributed by atoms with Crippen molar-refractivity contribution in [3.8, 4) is 5.75 Å². The van der Waals surface area contributed by atoms with Gasteiger partial charge in [-0.25, -0.2) is 0 Å². The highest BCUT2D eigenvalue weighted by Gasteiger charge is 2.18. The van der Waals surface area contributed by atoms with E-state index in [2.05, 4.69) is 17.1 Å². The first-order valence-electron chi connectivity index (χ1n) is 7.52. The zero-order chi connectivity index (χ0) is 13.3. The standard InChI is InChI=1S/C16H26N2O/c1-2-18(15-8-6-11-17-14-15)12-7-13-19-16-9-4-3-5-10-16/h3-5,9-10,15,17H,2,6-8,11-14H2,1H3. The second-order valence-electron chi connectivity index (χ2n) is 5.14. The summed E-state index contributed by atoms with van der Waals surface area (Å²) >= 11 is 0. The van der Waals surface area contributed by atoms with Crippen molar-refractivity contribution in [3.63, 3.8) is 0 Å². The minimum atomic E-state index is 0.718. The fourth-order valence-corrected chi connectivity index (χ4v) is 2.72. The molecule has 0 spiro atoms. The van der Waals surface area contributed by atoms with Crippen LogP contribution >= 0.6 is 0 Å². The summed E-state index contributed by atoms with van der Waals surface area (Å²) in [4.78, 5) is 2.58. The van der Waals surface area contributed by atoms with E-state index in [1.807, 2.05) is 30.3 Å². The van der Waals surface area contributed by atoms with Crippen molar-refractivity contribution in [1.29, 1.82) is 0 Å². The van der Waals surface area contributed by atoms with Crippen LogP contribution in [-0.2, 0) is 0 Å². The van der Waals surface area contributed by atoms with Crippen molar-refractivity contribution in [2.45, 2.75) is 32.2 Å². The van der Waals surface area contributed by atoms with Gasteiger partial charge in [0.15, 0.2) is 0 Å². The van der Waals surface area contributed by atoms with Gasteiger partial charge in [-0.05, 0) is 44.5 Å². The average Bonchev–Trinajstić information content (AvgIpc) is 2.49. The molecule has 1 aliphatic heterocycles. The van der Waals surface area contributed by atoms with E-state index in [1.54, 1.807) is 0 Å². The van der Waals surface area contributed by atoms with Crippen LogP contribution in [0.25, 0.3) is 0 Å². The highest BCUT2D eigenvalue weighted by Crippen LogP contribution is 2.12. The molecule has 0 amide bonds. The first kappa shape index (κ1) is 14.4. The van der Waals surface area contributed by atoms with Crippen molar-refractivity contribution >= 4 is 0 Å². The van der Waals surface area contributed by atoms with Gasteiger partial charge in [0.1, 0.15) is 5.75 Å². The molecule has 19 heavy (non-hydrogen) atoms. The summed E-state index contributed by atoms with van der Waals surface area (Å²) in [6, 6.07) is 10.8. The molecule has 106 valence electrons. The van der Waals surface area contributed by atoms with E-state index >= 15 is 0 Å². The second-order valence-corrected chi connectivity index (χ2v) is 5.14. The highest BCUT2D eigenvalue weighted by molar-refractivity contribution is 5.20. The van der Waals surface area contributed by atoms with Crippen LogP contribution in [0.4, 0.5) is 0 Å². The molecule has 1 fully saturated rings. The van der Waals surface area contributed by atoms with Gasteiger partial charge >= 0.3 is 0 Å². The molecule has 0 radical (unpaired) electrons. The fourth-order valence-electron chi connectivity index (χ4n) is 2.72. The third-order valence-electron chi connectivity index (χ3n) is 3.80. The summed E-state index contributed by atoms with van der Waals surface area (Å²) in [7, 11) is 0. The number of piperidine rings is 1. The molecule has 0 aromatic heterocycles. The first-order valence-corrected chi connectivity index (χ1v) is 7.52. The Kier molecular flexibility index (Phi) is 6.18. The normalized spacial score (nSPS) is 19.6. The monoisotopic (exact) mass is 262 g/mol. The molecule has 2 rings (SSSR count). The van der Waals surface area contributed by atoms with Crippen LogP contribution < -0.4 is 10.1 Å². The minimum absolute atomic E-state index is 0.718. The van der Waals surface area contributed by atoms with Gasteiger partial charge in [0, 0.05) is 19.1 Å². The quantitative estimate of drug-likeness (QED) is 0.764. The summed E-state index contributed by atoms with van der Waals surface area (Å²) in [5, 5.41) is 3.49. The molecule has 3 nitrogen and oxygen atoms in total. The van der Waals surface area contributed by atoms with Crippen molar-refractivity contribution in [2.75, 3.05) is 32.8 Å². The van der Waals surface area contributed by atoms with Gasteiger partial charge in [-0.2, -0.15) is 0 Å². The van der Waals surface area contributed by atoms with Crippen LogP contribution in [0.2, 0.25) is 0 Å². The molecule has 0 saturated carbocycles. The number of hydrogen-bond acceptors (Lipinski definition) is 3. The molecule has 1 aromatic rings. The number of likely N-dealkylation sites (N-methyl/N-ethyl adjacent to an activating group) is 1. The third-order valence-corrected chi connectivity index (χ3v) is 3.80. The Morgan fingerprint density at radius 1 is 1.32 bits per heavy atom. The van der Waals surface area contributed by atoms with Crippen LogP contribution in [0.15, 0.2) is 30.3 Å². The molecular formula is C16H26N2O. The second kappa shape index (κ2) is 8.18. The zero-order valence-electron chi connectivity index (χ0n) is 12.0. The Morgan fingerprint density at radius 2 is 2.16 bits per heavy atom. The van der Waals surface area contributed by atoms with Gasteiger partial charge in [-0.3, -0.25) is 4.90 Å². The number of nitrogens with one attached hydrogen (secondary N) is 1. The van der Waals surface area contributed by atoms with E-state index in [4.69, 9.17) is 4.74 Å². The number of nitrogens with zero attached hydrogens (tertiary/aromatic N) is 1. The maximum Gasteiger partial charge on any atom is 0.119 e. The van der Waals surface area contributed by atoms with Crippen molar-refractivity contribution in [1.82, 2.24) is 10.2 Å². The Labute approximate surface area is 116 Å². The Balaban J connectivity index is 1.65. The molecule has 1 heterocycles. The maximum absolute atomic E-state index is 5.75. The Morgan fingerprint density at radius 3 is 2.84 bits per heavy atom. The van der Waals surface area contributed by atoms with Gasteiger partial charge in [0.2, 0.25) is 0 Å². The highest BCUT2D eigenvalue weighted by atomic mass is 16.5. The lowest BCUT2D eigenvalue weighted by molar-refractivity contribution is 0.160. The van der Waals surface area contributed by atoms with Gasteiger partial charge in [0.05, 0.1) is 6.61 Å². The van der Waals surface area contributed by atoms with E-state index in [9.17, 15) is 0 Å². The van der Waals surface area contributed by atoms with E-state index in [0.717, 1.165) is 44.5 Å². The predicted octanol–water partition coefficient (Wildman–Crippen LogP) is 2.53. The average molecular weight is 262 g/mol. The molecule has 1 saturated heterocycles. The third kappa shape index (κ3) is 4.84. The molecule has 0 bridgehead atoms. The Hall–Kier alpha value is -1.06. The molecule has 3 heteroatoms. The van der Waals surface area contributed by atoms with Gasteiger partial charge in [-0.15, -0.1) is 0 Å². The van der Waals surface area contributed by atoms with Crippen LogP contribution in [-0.4, -0.2) is 43.7 Å². The first-order chi connectivity index (χ1) is 9.40. The molecule has 1 unspecified atom stereocenters. The lowest BCUT2D eigenvalue weighted by Gasteiger charge is -2.33. The summed E-state index contributed by atoms with van der Waals surface area (Å²) < 4.78 is 5.75. The summed E-state index contributed by atoms with van der Waals surface area (Å²) in [6.07, 6.45) is 3.74. The fraction of sp³-hybridized carbons (Fsp3) is 0.625. The number of benzene rings is 1. The van der Waals surface area contributed by atoms with Crippen LogP contribution in [0.3, 0.4) is 0 Å². The Bertz CT molecular complexity index is 336. The summed E-state index contributed by atoms with van der Waals surface area (Å²) in [5.41, 5.74) is 0. The topological polar surface area (TPSA) is 24.5 Å². The number of ether oxygens (including phenoxy) is 1. The van der Waals surface area contributed by atoms with Crippen LogP contribution in [0.5, 0.6) is 5.75 Å². The minimum Gasteiger partial charge on any atom is -0.494 e. The van der Waals surface area contributed by atoms with Crippen molar-refractivity contribution in [2.24, 2.45) is 0 Å². The molecular weight excluding hydrogens is 236 g/mol. The molecule has 1 atom stereocenters. The predicted molar refractivity (Wildman–Crippen MR) is 79.7 cm³/mol. The zero-order valence-corrected chi connectivity index (χ0v) is 12.0. The maximum atomic E-state index is 5.75.